The Labute approximate surface area is 59.7 Å². The lowest BCUT2D eigenvalue weighted by molar-refractivity contribution is 0.0627. The normalized spacial score (nSPS) is 17.3. The van der Waals surface area contributed by atoms with Gasteiger partial charge in [0.05, 0.1) is 6.10 Å². The highest BCUT2D eigenvalue weighted by Crippen LogP contribution is 2.04. The van der Waals surface area contributed by atoms with Crippen LogP contribution in [0.2, 0.25) is 0 Å². The molecule has 0 aromatic carbocycles. The molecule has 0 aromatic heterocycles. The molecule has 56 valence electrons. The molecular formula is C5H12O3S. The molecule has 3 nitrogen and oxygen atoms in total. The molecule has 0 fully saturated rings. The lowest BCUT2D eigenvalue weighted by Gasteiger charge is -2.10. The minimum Gasteiger partial charge on any atom is -0.396 e. The Hall–Kier alpha value is 0.230. The molecule has 0 bridgehead atoms. The molecular weight excluding hydrogens is 140 g/mol. The molecule has 9 heavy (non-hydrogen) atoms. The average Bonchev–Trinajstić information content (AvgIpc) is 1.82. The Bertz CT molecular complexity index is 67.2. The van der Waals surface area contributed by atoms with Crippen LogP contribution in [0.4, 0.5) is 0 Å². The van der Waals surface area contributed by atoms with Gasteiger partial charge in [-0.05, 0) is 12.8 Å². The second-order valence-corrected chi connectivity index (χ2v) is 2.38. The zero-order valence-electron chi connectivity index (χ0n) is 5.06. The molecule has 0 radical (unpaired) electrons. The van der Waals surface area contributed by atoms with E-state index >= 15 is 0 Å². The largest absolute Gasteiger partial charge is 0.396 e. The second-order valence-electron chi connectivity index (χ2n) is 1.85. The molecule has 0 aromatic rings. The van der Waals surface area contributed by atoms with Crippen molar-refractivity contribution in [3.05, 3.63) is 0 Å². The van der Waals surface area contributed by atoms with Crippen molar-refractivity contribution < 1.29 is 15.3 Å². The van der Waals surface area contributed by atoms with Crippen LogP contribution in [0.5, 0.6) is 0 Å². The molecule has 0 heterocycles. The molecule has 0 amide bonds. The fraction of sp³-hybridized carbons (Fsp3) is 1.00. The third-order valence-electron chi connectivity index (χ3n) is 1.00. The van der Waals surface area contributed by atoms with Crippen molar-refractivity contribution >= 4 is 12.6 Å². The van der Waals surface area contributed by atoms with Crippen LogP contribution < -0.4 is 0 Å². The standard InChI is InChI=1S/C5H12O3S/c6-3-1-2-4(7)5(8)9/h4-9H,1-3H2. The van der Waals surface area contributed by atoms with Gasteiger partial charge in [-0.3, -0.25) is 0 Å². The van der Waals surface area contributed by atoms with Crippen molar-refractivity contribution in [2.45, 2.75) is 24.4 Å². The number of rotatable bonds is 4. The van der Waals surface area contributed by atoms with E-state index in [4.69, 9.17) is 15.3 Å². The van der Waals surface area contributed by atoms with Crippen LogP contribution in [-0.2, 0) is 0 Å². The van der Waals surface area contributed by atoms with Crippen LogP contribution in [0, 0.1) is 0 Å². The van der Waals surface area contributed by atoms with Crippen LogP contribution in [-0.4, -0.2) is 33.5 Å². The smallest absolute Gasteiger partial charge is 0.122 e. The predicted molar refractivity (Wildman–Crippen MR) is 37.3 cm³/mol. The Morgan fingerprint density at radius 1 is 1.33 bits per heavy atom. The van der Waals surface area contributed by atoms with Gasteiger partial charge in [-0.2, -0.15) is 0 Å². The summed E-state index contributed by atoms with van der Waals surface area (Å²) in [5.74, 6) is 0. The summed E-state index contributed by atoms with van der Waals surface area (Å²) >= 11 is 3.59. The zero-order valence-corrected chi connectivity index (χ0v) is 5.96. The topological polar surface area (TPSA) is 60.7 Å². The molecule has 2 unspecified atom stereocenters. The first-order chi connectivity index (χ1) is 4.18. The van der Waals surface area contributed by atoms with Gasteiger partial charge in [-0.15, -0.1) is 12.6 Å². The van der Waals surface area contributed by atoms with Crippen LogP contribution in [0.1, 0.15) is 12.8 Å². The molecule has 0 spiro atoms. The van der Waals surface area contributed by atoms with Crippen molar-refractivity contribution in [3.8, 4) is 0 Å². The average molecular weight is 152 g/mol. The second kappa shape index (κ2) is 5.05. The molecule has 3 N–H and O–H groups in total. The van der Waals surface area contributed by atoms with Gasteiger partial charge < -0.3 is 15.3 Å². The highest BCUT2D eigenvalue weighted by atomic mass is 32.1. The highest BCUT2D eigenvalue weighted by molar-refractivity contribution is 7.80. The Kier molecular flexibility index (Phi) is 5.18. The molecule has 2 atom stereocenters. The minimum atomic E-state index is -0.989. The van der Waals surface area contributed by atoms with Gasteiger partial charge in [0.25, 0.3) is 0 Å². The molecule has 0 saturated heterocycles. The van der Waals surface area contributed by atoms with Gasteiger partial charge in [-0.1, -0.05) is 0 Å². The number of hydrogen-bond donors (Lipinski definition) is 4. The molecule has 0 saturated carbocycles. The van der Waals surface area contributed by atoms with Crippen molar-refractivity contribution in [3.63, 3.8) is 0 Å². The minimum absolute atomic E-state index is 0.0392. The highest BCUT2D eigenvalue weighted by Gasteiger charge is 2.09. The van der Waals surface area contributed by atoms with Crippen molar-refractivity contribution in [2.75, 3.05) is 6.61 Å². The summed E-state index contributed by atoms with van der Waals surface area (Å²) in [7, 11) is 0. The molecule has 0 rings (SSSR count). The Morgan fingerprint density at radius 2 is 1.89 bits per heavy atom. The van der Waals surface area contributed by atoms with Crippen molar-refractivity contribution in [2.24, 2.45) is 0 Å². The van der Waals surface area contributed by atoms with E-state index in [1.807, 2.05) is 0 Å². The summed E-state index contributed by atoms with van der Waals surface area (Å²) in [6, 6.07) is 0. The van der Waals surface area contributed by atoms with Gasteiger partial charge in [0.2, 0.25) is 0 Å². The van der Waals surface area contributed by atoms with Crippen LogP contribution >= 0.6 is 12.6 Å². The zero-order chi connectivity index (χ0) is 7.28. The van der Waals surface area contributed by atoms with E-state index in [9.17, 15) is 0 Å². The van der Waals surface area contributed by atoms with E-state index in [1.54, 1.807) is 0 Å². The lowest BCUT2D eigenvalue weighted by atomic mass is 10.2. The van der Waals surface area contributed by atoms with E-state index in [-0.39, 0.29) is 6.61 Å². The number of aliphatic hydroxyl groups excluding tert-OH is 3. The predicted octanol–water partition coefficient (Wildman–Crippen LogP) is -0.632. The Morgan fingerprint density at radius 3 is 2.22 bits per heavy atom. The molecule has 4 heteroatoms. The first-order valence-electron chi connectivity index (χ1n) is 2.83. The van der Waals surface area contributed by atoms with Crippen LogP contribution in [0.25, 0.3) is 0 Å². The van der Waals surface area contributed by atoms with E-state index < -0.39 is 11.5 Å². The summed E-state index contributed by atoms with van der Waals surface area (Å²) < 4.78 is 0. The Balaban J connectivity index is 3.16. The number of thiol groups is 1. The summed E-state index contributed by atoms with van der Waals surface area (Å²) in [6.07, 6.45) is 0.0698. The quantitative estimate of drug-likeness (QED) is 0.320. The van der Waals surface area contributed by atoms with E-state index in [0.29, 0.717) is 12.8 Å². The maximum absolute atomic E-state index is 8.82. The van der Waals surface area contributed by atoms with Gasteiger partial charge in [0.15, 0.2) is 0 Å². The molecule has 0 aliphatic carbocycles. The maximum Gasteiger partial charge on any atom is 0.122 e. The summed E-state index contributed by atoms with van der Waals surface area (Å²) in [6.45, 7) is 0.0392. The van der Waals surface area contributed by atoms with Crippen molar-refractivity contribution in [1.29, 1.82) is 0 Å². The SMILES string of the molecule is OCCCC(O)C(O)S. The number of hydrogen-bond acceptors (Lipinski definition) is 4. The van der Waals surface area contributed by atoms with Crippen LogP contribution in [0.15, 0.2) is 0 Å². The molecule has 0 aliphatic heterocycles. The summed E-state index contributed by atoms with van der Waals surface area (Å²) in [4.78, 5) is 0. The van der Waals surface area contributed by atoms with Gasteiger partial charge in [-0.25, -0.2) is 0 Å². The fourth-order valence-electron chi connectivity index (χ4n) is 0.449. The van der Waals surface area contributed by atoms with Crippen LogP contribution in [0.3, 0.4) is 0 Å². The van der Waals surface area contributed by atoms with Gasteiger partial charge in [0.1, 0.15) is 5.44 Å². The van der Waals surface area contributed by atoms with E-state index in [1.165, 1.54) is 0 Å². The fourth-order valence-corrected chi connectivity index (χ4v) is 0.599. The summed E-state index contributed by atoms with van der Waals surface area (Å²) in [5, 5.41) is 25.7. The number of aliphatic hydroxyl groups is 3. The summed E-state index contributed by atoms with van der Waals surface area (Å²) in [5.41, 5.74) is -0.989. The van der Waals surface area contributed by atoms with Gasteiger partial charge >= 0.3 is 0 Å². The third-order valence-corrected chi connectivity index (χ3v) is 1.35. The monoisotopic (exact) mass is 152 g/mol. The van der Waals surface area contributed by atoms with E-state index in [0.717, 1.165) is 0 Å². The maximum atomic E-state index is 8.82. The van der Waals surface area contributed by atoms with Gasteiger partial charge in [0, 0.05) is 6.61 Å². The lowest BCUT2D eigenvalue weighted by Crippen LogP contribution is -2.20. The molecule has 0 aliphatic rings. The van der Waals surface area contributed by atoms with E-state index in [2.05, 4.69) is 12.6 Å². The first-order valence-corrected chi connectivity index (χ1v) is 3.35. The first kappa shape index (κ1) is 9.23. The third kappa shape index (κ3) is 4.72. The van der Waals surface area contributed by atoms with Crippen molar-refractivity contribution in [1.82, 2.24) is 0 Å².